The number of carbonyl (C=O) groups excluding carboxylic acids is 1. The van der Waals surface area contributed by atoms with Gasteiger partial charge in [0.25, 0.3) is 5.56 Å². The lowest BCUT2D eigenvalue weighted by Crippen LogP contribution is -2.37. The van der Waals surface area contributed by atoms with E-state index in [1.54, 1.807) is 4.57 Å². The van der Waals surface area contributed by atoms with Gasteiger partial charge in [-0.25, -0.2) is 4.98 Å². The Kier molecular flexibility index (Phi) is 8.20. The van der Waals surface area contributed by atoms with Gasteiger partial charge in [0.2, 0.25) is 5.91 Å². The van der Waals surface area contributed by atoms with Crippen LogP contribution in [-0.4, -0.2) is 26.9 Å². The molecule has 1 unspecified atom stereocenters. The number of rotatable bonds is 10. The SMILES string of the molecule is CCCCCCC(=O)N(CC)C(C)c1nc2ccccc2c(=O)n1-c1ccccc1CC. The molecule has 0 saturated carbocycles. The summed E-state index contributed by atoms with van der Waals surface area (Å²) in [4.78, 5) is 33.5. The van der Waals surface area contributed by atoms with E-state index in [-0.39, 0.29) is 17.5 Å². The third-order valence-electron chi connectivity index (χ3n) is 6.16. The molecule has 3 rings (SSSR count). The smallest absolute Gasteiger partial charge is 0.266 e. The van der Waals surface area contributed by atoms with Crippen molar-refractivity contribution in [3.05, 3.63) is 70.3 Å². The molecule has 0 N–H and O–H groups in total. The van der Waals surface area contributed by atoms with E-state index in [1.165, 1.54) is 0 Å². The van der Waals surface area contributed by atoms with Crippen LogP contribution in [0.2, 0.25) is 0 Å². The van der Waals surface area contributed by atoms with Crippen LogP contribution in [0, 0.1) is 0 Å². The summed E-state index contributed by atoms with van der Waals surface area (Å²) in [7, 11) is 0. The molecule has 0 spiro atoms. The van der Waals surface area contributed by atoms with E-state index in [1.807, 2.05) is 67.3 Å². The standard InChI is InChI=1S/C27H35N3O2/c1-5-8-9-10-19-25(31)29(7-3)20(4)26-28-23-17-13-12-16-22(23)27(32)30(26)24-18-14-11-15-21(24)6-2/h11-18,20H,5-10,19H2,1-4H3. The number of carbonyl (C=O) groups is 1. The summed E-state index contributed by atoms with van der Waals surface area (Å²) in [5.41, 5.74) is 2.49. The van der Waals surface area contributed by atoms with E-state index in [0.717, 1.165) is 43.4 Å². The van der Waals surface area contributed by atoms with E-state index in [4.69, 9.17) is 4.98 Å². The minimum Gasteiger partial charge on any atom is -0.333 e. The molecule has 1 aromatic heterocycles. The first kappa shape index (κ1) is 23.7. The number of hydrogen-bond donors (Lipinski definition) is 0. The van der Waals surface area contributed by atoms with Crippen molar-refractivity contribution in [2.24, 2.45) is 0 Å². The topological polar surface area (TPSA) is 55.2 Å². The number of aromatic nitrogens is 2. The molecule has 0 aliphatic carbocycles. The van der Waals surface area contributed by atoms with Crippen LogP contribution in [0.15, 0.2) is 53.3 Å². The molecule has 0 aliphatic rings. The fourth-order valence-corrected chi connectivity index (χ4v) is 4.34. The van der Waals surface area contributed by atoms with Gasteiger partial charge in [0.05, 0.1) is 22.6 Å². The Morgan fingerprint density at radius 2 is 1.72 bits per heavy atom. The number of nitrogens with zero attached hydrogens (tertiary/aromatic N) is 3. The molecule has 0 fully saturated rings. The summed E-state index contributed by atoms with van der Waals surface area (Å²) in [6.45, 7) is 8.80. The van der Waals surface area contributed by atoms with Gasteiger partial charge >= 0.3 is 0 Å². The van der Waals surface area contributed by atoms with Gasteiger partial charge in [-0.05, 0) is 50.5 Å². The quantitative estimate of drug-likeness (QED) is 0.378. The number of benzene rings is 2. The lowest BCUT2D eigenvalue weighted by molar-refractivity contribution is -0.133. The molecule has 1 amide bonds. The van der Waals surface area contributed by atoms with E-state index in [0.29, 0.717) is 29.7 Å². The zero-order valence-electron chi connectivity index (χ0n) is 19.8. The maximum Gasteiger partial charge on any atom is 0.266 e. The summed E-state index contributed by atoms with van der Waals surface area (Å²) >= 11 is 0. The summed E-state index contributed by atoms with van der Waals surface area (Å²) in [5, 5.41) is 0.586. The largest absolute Gasteiger partial charge is 0.333 e. The Morgan fingerprint density at radius 3 is 2.44 bits per heavy atom. The van der Waals surface area contributed by atoms with Gasteiger partial charge in [0.15, 0.2) is 0 Å². The molecule has 3 aromatic rings. The fraction of sp³-hybridized carbons (Fsp3) is 0.444. The Hall–Kier alpha value is -2.95. The molecule has 1 heterocycles. The average Bonchev–Trinajstić information content (AvgIpc) is 2.82. The van der Waals surface area contributed by atoms with E-state index >= 15 is 0 Å². The third kappa shape index (κ3) is 4.93. The predicted octanol–water partition coefficient (Wildman–Crippen LogP) is 5.83. The highest BCUT2D eigenvalue weighted by molar-refractivity contribution is 5.79. The number of aryl methyl sites for hydroxylation is 1. The van der Waals surface area contributed by atoms with E-state index in [2.05, 4.69) is 13.8 Å². The highest BCUT2D eigenvalue weighted by atomic mass is 16.2. The molecule has 170 valence electrons. The van der Waals surface area contributed by atoms with Gasteiger partial charge in [-0.1, -0.05) is 63.4 Å². The van der Waals surface area contributed by atoms with Crippen molar-refractivity contribution in [1.29, 1.82) is 0 Å². The van der Waals surface area contributed by atoms with Crippen molar-refractivity contribution in [2.45, 2.75) is 72.3 Å². The van der Waals surface area contributed by atoms with Crippen LogP contribution in [0.3, 0.4) is 0 Å². The van der Waals surface area contributed by atoms with Gasteiger partial charge in [-0.3, -0.25) is 14.2 Å². The Morgan fingerprint density at radius 1 is 1.00 bits per heavy atom. The molecular weight excluding hydrogens is 398 g/mol. The van der Waals surface area contributed by atoms with E-state index < -0.39 is 0 Å². The number of unbranched alkanes of at least 4 members (excludes halogenated alkanes) is 3. The average molecular weight is 434 g/mol. The minimum absolute atomic E-state index is 0.0928. The van der Waals surface area contributed by atoms with Gasteiger partial charge < -0.3 is 4.90 Å². The Labute approximate surface area is 191 Å². The van der Waals surface area contributed by atoms with Gasteiger partial charge in [-0.15, -0.1) is 0 Å². The lowest BCUT2D eigenvalue weighted by atomic mass is 10.1. The van der Waals surface area contributed by atoms with Crippen LogP contribution < -0.4 is 5.56 Å². The summed E-state index contributed by atoms with van der Waals surface area (Å²) in [6, 6.07) is 15.1. The van der Waals surface area contributed by atoms with Gasteiger partial charge in [-0.2, -0.15) is 0 Å². The molecule has 2 aromatic carbocycles. The molecule has 0 radical (unpaired) electrons. The van der Waals surface area contributed by atoms with Crippen molar-refractivity contribution in [3.63, 3.8) is 0 Å². The summed E-state index contributed by atoms with van der Waals surface area (Å²) < 4.78 is 1.72. The lowest BCUT2D eigenvalue weighted by Gasteiger charge is -2.30. The number of amides is 1. The van der Waals surface area contributed by atoms with Crippen LogP contribution in [-0.2, 0) is 11.2 Å². The van der Waals surface area contributed by atoms with Crippen LogP contribution >= 0.6 is 0 Å². The summed E-state index contributed by atoms with van der Waals surface area (Å²) in [5.74, 6) is 0.729. The molecule has 1 atom stereocenters. The second-order valence-corrected chi connectivity index (χ2v) is 8.28. The highest BCUT2D eigenvalue weighted by Gasteiger charge is 2.26. The molecule has 5 heteroatoms. The third-order valence-corrected chi connectivity index (χ3v) is 6.16. The maximum atomic E-state index is 13.7. The molecular formula is C27H35N3O2. The maximum absolute atomic E-state index is 13.7. The normalized spacial score (nSPS) is 12.1. The molecule has 5 nitrogen and oxygen atoms in total. The predicted molar refractivity (Wildman–Crippen MR) is 131 cm³/mol. The minimum atomic E-state index is -0.319. The first-order valence-corrected chi connectivity index (χ1v) is 11.9. The number of para-hydroxylation sites is 2. The van der Waals surface area contributed by atoms with Crippen molar-refractivity contribution in [3.8, 4) is 5.69 Å². The zero-order chi connectivity index (χ0) is 23.1. The molecule has 0 bridgehead atoms. The highest BCUT2D eigenvalue weighted by Crippen LogP contribution is 2.25. The second-order valence-electron chi connectivity index (χ2n) is 8.28. The fourth-order valence-electron chi connectivity index (χ4n) is 4.34. The molecule has 0 aliphatic heterocycles. The second kappa shape index (κ2) is 11.1. The number of hydrogen-bond acceptors (Lipinski definition) is 3. The first-order chi connectivity index (χ1) is 15.5. The van der Waals surface area contributed by atoms with E-state index in [9.17, 15) is 9.59 Å². The first-order valence-electron chi connectivity index (χ1n) is 11.9. The van der Waals surface area contributed by atoms with Crippen molar-refractivity contribution in [2.75, 3.05) is 6.54 Å². The van der Waals surface area contributed by atoms with Gasteiger partial charge in [0, 0.05) is 13.0 Å². The van der Waals surface area contributed by atoms with Crippen LogP contribution in [0.4, 0.5) is 0 Å². The monoisotopic (exact) mass is 433 g/mol. The Balaban J connectivity index is 2.12. The van der Waals surface area contributed by atoms with Crippen LogP contribution in [0.5, 0.6) is 0 Å². The Bertz CT molecular complexity index is 1120. The number of fused-ring (bicyclic) bond motifs is 1. The van der Waals surface area contributed by atoms with Crippen LogP contribution in [0.25, 0.3) is 16.6 Å². The van der Waals surface area contributed by atoms with Crippen molar-refractivity contribution >= 4 is 16.8 Å². The summed E-state index contributed by atoms with van der Waals surface area (Å²) in [6.07, 6.45) is 5.59. The van der Waals surface area contributed by atoms with Crippen LogP contribution in [0.1, 0.15) is 77.2 Å². The zero-order valence-corrected chi connectivity index (χ0v) is 19.8. The van der Waals surface area contributed by atoms with Gasteiger partial charge in [0.1, 0.15) is 5.82 Å². The van der Waals surface area contributed by atoms with Crippen molar-refractivity contribution in [1.82, 2.24) is 14.5 Å². The van der Waals surface area contributed by atoms with Crippen molar-refractivity contribution < 1.29 is 4.79 Å². The molecule has 32 heavy (non-hydrogen) atoms. The molecule has 0 saturated heterocycles.